The summed E-state index contributed by atoms with van der Waals surface area (Å²) in [7, 11) is 3.05. The third-order valence-electron chi connectivity index (χ3n) is 5.10. The first-order valence-corrected chi connectivity index (χ1v) is 9.73. The number of fused-ring (bicyclic) bond motifs is 1. The first kappa shape index (κ1) is 21.7. The number of aromatic nitrogens is 4. The van der Waals surface area contributed by atoms with E-state index in [2.05, 4.69) is 15.6 Å². The number of amides is 2. The van der Waals surface area contributed by atoms with Gasteiger partial charge < -0.3 is 19.6 Å². The van der Waals surface area contributed by atoms with Crippen molar-refractivity contribution in [3.05, 3.63) is 74.8 Å². The molecule has 0 atom stereocenters. The van der Waals surface area contributed by atoms with Crippen molar-refractivity contribution in [3.8, 4) is 0 Å². The molecule has 170 valence electrons. The van der Waals surface area contributed by atoms with Crippen molar-refractivity contribution in [2.24, 2.45) is 14.1 Å². The summed E-state index contributed by atoms with van der Waals surface area (Å²) in [6, 6.07) is 5.04. The Labute approximate surface area is 185 Å². The highest BCUT2D eigenvalue weighted by atomic mass is 19.1. The number of hydrogen-bond acceptors (Lipinski definition) is 6. The van der Waals surface area contributed by atoms with Gasteiger partial charge >= 0.3 is 5.69 Å². The summed E-state index contributed by atoms with van der Waals surface area (Å²) in [5.74, 6) is -1.61. The number of carbonyl (C=O) groups is 2. The Kier molecular flexibility index (Phi) is 5.42. The molecular weight excluding hydrogens is 435 g/mol. The van der Waals surface area contributed by atoms with E-state index in [1.165, 1.54) is 47.0 Å². The average molecular weight is 454 g/mol. The smallest absolute Gasteiger partial charge is 0.332 e. The van der Waals surface area contributed by atoms with Crippen molar-refractivity contribution in [1.82, 2.24) is 18.7 Å². The fourth-order valence-corrected chi connectivity index (χ4v) is 3.39. The number of carbonyl (C=O) groups excluding carboxylic acids is 2. The number of nitrogens with one attached hydrogen (secondary N) is 2. The van der Waals surface area contributed by atoms with E-state index in [0.717, 1.165) is 10.6 Å². The quantitative estimate of drug-likeness (QED) is 0.468. The molecule has 2 amide bonds. The van der Waals surface area contributed by atoms with Crippen LogP contribution in [0.1, 0.15) is 16.1 Å². The van der Waals surface area contributed by atoms with E-state index in [0.29, 0.717) is 5.76 Å². The minimum Gasteiger partial charge on any atom is -0.469 e. The van der Waals surface area contributed by atoms with Crippen LogP contribution in [0, 0.1) is 12.7 Å². The average Bonchev–Trinajstić information content (AvgIpc) is 3.37. The summed E-state index contributed by atoms with van der Waals surface area (Å²) in [4.78, 5) is 54.2. The second-order valence-electron chi connectivity index (χ2n) is 7.35. The van der Waals surface area contributed by atoms with Gasteiger partial charge in [-0.1, -0.05) is 0 Å². The molecule has 0 aliphatic rings. The second kappa shape index (κ2) is 8.22. The summed E-state index contributed by atoms with van der Waals surface area (Å²) in [6.45, 7) is 1.02. The highest BCUT2D eigenvalue weighted by Gasteiger charge is 2.18. The summed E-state index contributed by atoms with van der Waals surface area (Å²) in [6.07, 6.45) is 2.74. The number of nitrogens with zero attached hydrogens (tertiary/aromatic N) is 4. The van der Waals surface area contributed by atoms with Crippen molar-refractivity contribution >= 4 is 34.4 Å². The molecule has 4 rings (SSSR count). The van der Waals surface area contributed by atoms with E-state index in [4.69, 9.17) is 4.42 Å². The van der Waals surface area contributed by atoms with Gasteiger partial charge in [0.05, 0.1) is 23.8 Å². The lowest BCUT2D eigenvalue weighted by atomic mass is 10.2. The molecule has 11 nitrogen and oxygen atoms in total. The SMILES string of the molecule is Cc1occc1C(=O)Nc1cc(NC(=O)Cn2c(=O)c3c(ncn3C)n(C)c2=O)ccc1F. The standard InChI is InChI=1S/C21H19FN6O5/c1-11-13(6-7-33-11)19(30)25-15-8-12(4-5-14(15)22)24-16(29)9-28-20(31)17-18(23-10-26(17)2)27(3)21(28)32/h4-8,10H,9H2,1-3H3,(H,24,29)(H,25,30). The highest BCUT2D eigenvalue weighted by Crippen LogP contribution is 2.21. The monoisotopic (exact) mass is 454 g/mol. The molecule has 0 spiro atoms. The third-order valence-corrected chi connectivity index (χ3v) is 5.10. The Morgan fingerprint density at radius 1 is 1.15 bits per heavy atom. The molecule has 2 N–H and O–H groups in total. The van der Waals surface area contributed by atoms with Crippen LogP contribution in [-0.4, -0.2) is 30.5 Å². The Balaban J connectivity index is 1.56. The van der Waals surface area contributed by atoms with Gasteiger partial charge in [0, 0.05) is 19.8 Å². The summed E-state index contributed by atoms with van der Waals surface area (Å²) in [5, 5.41) is 4.92. The lowest BCUT2D eigenvalue weighted by molar-refractivity contribution is -0.116. The molecule has 0 aliphatic heterocycles. The van der Waals surface area contributed by atoms with E-state index in [1.54, 1.807) is 14.0 Å². The van der Waals surface area contributed by atoms with Crippen molar-refractivity contribution in [2.75, 3.05) is 10.6 Å². The van der Waals surface area contributed by atoms with Gasteiger partial charge in [-0.05, 0) is 31.2 Å². The number of imidazole rings is 1. The Morgan fingerprint density at radius 2 is 1.91 bits per heavy atom. The van der Waals surface area contributed by atoms with E-state index in [9.17, 15) is 23.6 Å². The van der Waals surface area contributed by atoms with Crippen LogP contribution in [0.2, 0.25) is 0 Å². The zero-order valence-corrected chi connectivity index (χ0v) is 17.9. The summed E-state index contributed by atoms with van der Waals surface area (Å²) < 4.78 is 22.7. The molecule has 0 bridgehead atoms. The zero-order chi connectivity index (χ0) is 23.9. The Bertz CT molecular complexity index is 1530. The molecule has 0 unspecified atom stereocenters. The van der Waals surface area contributed by atoms with Gasteiger partial charge in [-0.15, -0.1) is 0 Å². The van der Waals surface area contributed by atoms with Crippen LogP contribution in [0.3, 0.4) is 0 Å². The molecule has 12 heteroatoms. The molecule has 0 aliphatic carbocycles. The minimum absolute atomic E-state index is 0.159. The van der Waals surface area contributed by atoms with Crippen molar-refractivity contribution < 1.29 is 18.4 Å². The molecule has 3 aromatic heterocycles. The van der Waals surface area contributed by atoms with Gasteiger partial charge in [-0.25, -0.2) is 18.7 Å². The minimum atomic E-state index is -0.714. The highest BCUT2D eigenvalue weighted by molar-refractivity contribution is 6.05. The van der Waals surface area contributed by atoms with Gasteiger partial charge in [0.2, 0.25) is 5.91 Å². The molecule has 0 radical (unpaired) electrons. The Morgan fingerprint density at radius 3 is 2.61 bits per heavy atom. The van der Waals surface area contributed by atoms with Crippen LogP contribution in [0.15, 0.2) is 50.9 Å². The van der Waals surface area contributed by atoms with Gasteiger partial charge in [0.25, 0.3) is 11.5 Å². The van der Waals surface area contributed by atoms with Crippen LogP contribution < -0.4 is 21.9 Å². The van der Waals surface area contributed by atoms with Crippen LogP contribution in [0.5, 0.6) is 0 Å². The predicted molar refractivity (Wildman–Crippen MR) is 117 cm³/mol. The van der Waals surface area contributed by atoms with E-state index in [-0.39, 0.29) is 28.1 Å². The molecule has 4 aromatic rings. The van der Waals surface area contributed by atoms with E-state index < -0.39 is 35.4 Å². The van der Waals surface area contributed by atoms with E-state index >= 15 is 0 Å². The van der Waals surface area contributed by atoms with Crippen molar-refractivity contribution in [1.29, 1.82) is 0 Å². The molecule has 0 saturated heterocycles. The van der Waals surface area contributed by atoms with Gasteiger partial charge in [-0.3, -0.25) is 19.0 Å². The predicted octanol–water partition coefficient (Wildman–Crippen LogP) is 1.37. The summed E-state index contributed by atoms with van der Waals surface area (Å²) in [5.41, 5.74) is -0.753. The van der Waals surface area contributed by atoms with E-state index in [1.807, 2.05) is 0 Å². The number of hydrogen-bond donors (Lipinski definition) is 2. The zero-order valence-electron chi connectivity index (χ0n) is 17.9. The normalized spacial score (nSPS) is 11.0. The molecule has 1 aromatic carbocycles. The second-order valence-corrected chi connectivity index (χ2v) is 7.35. The topological polar surface area (TPSA) is 133 Å². The van der Waals surface area contributed by atoms with Crippen molar-refractivity contribution in [3.63, 3.8) is 0 Å². The van der Waals surface area contributed by atoms with Gasteiger partial charge in [-0.2, -0.15) is 0 Å². The van der Waals surface area contributed by atoms with Crippen LogP contribution in [0.4, 0.5) is 15.8 Å². The maximum atomic E-state index is 14.2. The summed E-state index contributed by atoms with van der Waals surface area (Å²) >= 11 is 0. The fourth-order valence-electron chi connectivity index (χ4n) is 3.39. The van der Waals surface area contributed by atoms with Gasteiger partial charge in [0.15, 0.2) is 11.2 Å². The molecule has 0 saturated carbocycles. The number of rotatable bonds is 5. The maximum Gasteiger partial charge on any atom is 0.332 e. The largest absolute Gasteiger partial charge is 0.469 e. The van der Waals surface area contributed by atoms with Crippen molar-refractivity contribution in [2.45, 2.75) is 13.5 Å². The lowest BCUT2D eigenvalue weighted by Gasteiger charge is -2.11. The van der Waals surface area contributed by atoms with Crippen LogP contribution >= 0.6 is 0 Å². The maximum absolute atomic E-state index is 14.2. The number of aryl methyl sites for hydroxylation is 3. The number of benzene rings is 1. The molecule has 0 fully saturated rings. The van der Waals surface area contributed by atoms with Crippen LogP contribution in [-0.2, 0) is 25.4 Å². The third kappa shape index (κ3) is 3.93. The molecular formula is C21H19FN6O5. The molecule has 33 heavy (non-hydrogen) atoms. The molecule has 3 heterocycles. The van der Waals surface area contributed by atoms with Crippen LogP contribution in [0.25, 0.3) is 11.2 Å². The lowest BCUT2D eigenvalue weighted by Crippen LogP contribution is -2.42. The number of halogens is 1. The number of anilines is 2. The first-order valence-electron chi connectivity index (χ1n) is 9.73. The number of furan rings is 1. The first-order chi connectivity index (χ1) is 15.7. The fraction of sp³-hybridized carbons (Fsp3) is 0.190. The Hall–Kier alpha value is -4.48. The van der Waals surface area contributed by atoms with Gasteiger partial charge in [0.1, 0.15) is 18.1 Å².